The standard InChI is InChI=1S/C22H32O6/c1-12-5-6-15-20(2,7-4-8-21(15,3)19(26)27)14(12)10-22-16(24)9-13(11-23)17(25)18(22)28-22/h5,9,14-18,23-25H,4,6-8,10-11H2,1-3H3,(H,26,27). The van der Waals surface area contributed by atoms with Gasteiger partial charge in [0.05, 0.1) is 12.0 Å². The van der Waals surface area contributed by atoms with E-state index in [0.29, 0.717) is 18.4 Å². The third kappa shape index (κ3) is 2.58. The lowest BCUT2D eigenvalue weighted by molar-refractivity contribution is -0.163. The molecule has 0 radical (unpaired) electrons. The summed E-state index contributed by atoms with van der Waals surface area (Å²) in [6, 6.07) is 0. The van der Waals surface area contributed by atoms with Crippen LogP contribution in [0.5, 0.6) is 0 Å². The normalized spacial score (nSPS) is 50.1. The molecule has 6 nitrogen and oxygen atoms in total. The van der Waals surface area contributed by atoms with Crippen LogP contribution in [-0.4, -0.2) is 56.9 Å². The Morgan fingerprint density at radius 2 is 2.00 bits per heavy atom. The van der Waals surface area contributed by atoms with Gasteiger partial charge in [-0.15, -0.1) is 0 Å². The average molecular weight is 392 g/mol. The molecule has 3 aliphatic carbocycles. The number of carboxylic acids is 1. The van der Waals surface area contributed by atoms with Crippen molar-refractivity contribution >= 4 is 5.97 Å². The third-order valence-corrected chi connectivity index (χ3v) is 8.50. The Kier molecular flexibility index (Phi) is 4.58. The molecule has 6 heteroatoms. The van der Waals surface area contributed by atoms with Crippen LogP contribution in [-0.2, 0) is 9.53 Å². The number of epoxide rings is 1. The van der Waals surface area contributed by atoms with Gasteiger partial charge in [-0.25, -0.2) is 0 Å². The molecule has 8 unspecified atom stereocenters. The summed E-state index contributed by atoms with van der Waals surface area (Å²) in [6.07, 6.45) is 5.22. The Morgan fingerprint density at radius 3 is 2.64 bits per heavy atom. The van der Waals surface area contributed by atoms with E-state index in [-0.39, 0.29) is 23.9 Å². The minimum Gasteiger partial charge on any atom is -0.481 e. The van der Waals surface area contributed by atoms with Gasteiger partial charge in [-0.2, -0.15) is 0 Å². The van der Waals surface area contributed by atoms with Crippen LogP contribution in [0.1, 0.15) is 52.9 Å². The summed E-state index contributed by atoms with van der Waals surface area (Å²) in [7, 11) is 0. The quantitative estimate of drug-likeness (QED) is 0.430. The van der Waals surface area contributed by atoms with Crippen molar-refractivity contribution in [3.05, 3.63) is 23.3 Å². The Morgan fingerprint density at radius 1 is 1.29 bits per heavy atom. The summed E-state index contributed by atoms with van der Waals surface area (Å²) in [4.78, 5) is 12.1. The van der Waals surface area contributed by atoms with Crippen LogP contribution in [0.2, 0.25) is 0 Å². The number of ether oxygens (including phenoxy) is 1. The Balaban J connectivity index is 1.67. The van der Waals surface area contributed by atoms with Gasteiger partial charge in [-0.05, 0) is 68.4 Å². The van der Waals surface area contributed by atoms with Crippen LogP contribution in [0.4, 0.5) is 0 Å². The number of hydrogen-bond donors (Lipinski definition) is 4. The highest BCUT2D eigenvalue weighted by atomic mass is 16.6. The molecule has 4 aliphatic rings. The van der Waals surface area contributed by atoms with Crippen molar-refractivity contribution in [1.29, 1.82) is 0 Å². The Labute approximate surface area is 165 Å². The minimum atomic E-state index is -0.902. The highest BCUT2D eigenvalue weighted by molar-refractivity contribution is 5.75. The zero-order valence-corrected chi connectivity index (χ0v) is 16.9. The third-order valence-electron chi connectivity index (χ3n) is 8.50. The summed E-state index contributed by atoms with van der Waals surface area (Å²) >= 11 is 0. The molecule has 4 N–H and O–H groups in total. The second kappa shape index (κ2) is 6.39. The highest BCUT2D eigenvalue weighted by Gasteiger charge is 2.68. The van der Waals surface area contributed by atoms with E-state index in [1.165, 1.54) is 11.6 Å². The van der Waals surface area contributed by atoms with E-state index in [0.717, 1.165) is 19.3 Å². The minimum absolute atomic E-state index is 0.0303. The molecule has 0 amide bonds. The number of hydrogen-bond acceptors (Lipinski definition) is 5. The van der Waals surface area contributed by atoms with Crippen LogP contribution < -0.4 is 0 Å². The molecular weight excluding hydrogens is 360 g/mol. The summed E-state index contributed by atoms with van der Waals surface area (Å²) in [6.45, 7) is 5.88. The van der Waals surface area contributed by atoms with E-state index in [1.54, 1.807) is 0 Å². The molecule has 1 heterocycles. The first-order valence-corrected chi connectivity index (χ1v) is 10.4. The van der Waals surface area contributed by atoms with E-state index in [2.05, 4.69) is 19.9 Å². The SMILES string of the molecule is CC1=CCC2C(C)(C(=O)O)CCCC2(C)C1CC12OC1C(O)C(CO)=CC2O. The molecule has 1 saturated carbocycles. The zero-order chi connectivity index (χ0) is 20.5. The summed E-state index contributed by atoms with van der Waals surface area (Å²) in [5.41, 5.74) is -0.170. The monoisotopic (exact) mass is 392 g/mol. The molecule has 2 fully saturated rings. The van der Waals surface area contributed by atoms with Crippen LogP contribution >= 0.6 is 0 Å². The van der Waals surface area contributed by atoms with Gasteiger partial charge in [0.15, 0.2) is 0 Å². The molecule has 0 aromatic heterocycles. The molecule has 1 saturated heterocycles. The molecule has 0 aromatic rings. The molecule has 0 bridgehead atoms. The fourth-order valence-corrected chi connectivity index (χ4v) is 6.63. The molecule has 0 aromatic carbocycles. The van der Waals surface area contributed by atoms with E-state index in [4.69, 9.17) is 4.74 Å². The maximum Gasteiger partial charge on any atom is 0.309 e. The topological polar surface area (TPSA) is 111 Å². The summed E-state index contributed by atoms with van der Waals surface area (Å²) in [5, 5.41) is 40.6. The number of carboxylic acid groups (broad SMARTS) is 1. The van der Waals surface area contributed by atoms with Crippen molar-refractivity contribution in [2.45, 2.75) is 76.8 Å². The maximum atomic E-state index is 12.1. The van der Waals surface area contributed by atoms with Crippen molar-refractivity contribution in [3.8, 4) is 0 Å². The van der Waals surface area contributed by atoms with E-state index in [1.807, 2.05) is 6.92 Å². The summed E-state index contributed by atoms with van der Waals surface area (Å²) in [5.74, 6) is -0.610. The molecule has 8 atom stereocenters. The molecule has 156 valence electrons. The van der Waals surface area contributed by atoms with Gasteiger partial charge in [-0.3, -0.25) is 4.79 Å². The van der Waals surface area contributed by atoms with Gasteiger partial charge in [0.25, 0.3) is 0 Å². The van der Waals surface area contributed by atoms with E-state index in [9.17, 15) is 25.2 Å². The van der Waals surface area contributed by atoms with Gasteiger partial charge < -0.3 is 25.2 Å². The van der Waals surface area contributed by atoms with Crippen LogP contribution in [0, 0.1) is 22.7 Å². The first kappa shape index (κ1) is 20.1. The maximum absolute atomic E-state index is 12.1. The van der Waals surface area contributed by atoms with Crippen LogP contribution in [0.3, 0.4) is 0 Å². The largest absolute Gasteiger partial charge is 0.481 e. The second-order valence-corrected chi connectivity index (χ2v) is 9.86. The average Bonchev–Trinajstić information content (AvgIpc) is 3.38. The van der Waals surface area contributed by atoms with Gasteiger partial charge in [0, 0.05) is 0 Å². The second-order valence-electron chi connectivity index (χ2n) is 9.86. The zero-order valence-electron chi connectivity index (χ0n) is 16.9. The number of aliphatic carboxylic acids is 1. The van der Waals surface area contributed by atoms with Crippen LogP contribution in [0.25, 0.3) is 0 Å². The summed E-state index contributed by atoms with van der Waals surface area (Å²) < 4.78 is 5.89. The first-order chi connectivity index (χ1) is 13.1. The van der Waals surface area contributed by atoms with Gasteiger partial charge in [-0.1, -0.05) is 25.0 Å². The Bertz CT molecular complexity index is 743. The number of aliphatic hydroxyl groups excluding tert-OH is 3. The number of aliphatic hydroxyl groups is 3. The van der Waals surface area contributed by atoms with Crippen molar-refractivity contribution in [2.75, 3.05) is 6.61 Å². The fraction of sp³-hybridized carbons (Fsp3) is 0.773. The Hall–Kier alpha value is -1.21. The molecule has 0 spiro atoms. The number of allylic oxidation sites excluding steroid dienone is 2. The van der Waals surface area contributed by atoms with Gasteiger partial charge >= 0.3 is 5.97 Å². The lowest BCUT2D eigenvalue weighted by Crippen LogP contribution is -2.54. The predicted molar refractivity (Wildman–Crippen MR) is 102 cm³/mol. The molecule has 4 rings (SSSR count). The van der Waals surface area contributed by atoms with E-state index < -0.39 is 35.3 Å². The molecule has 1 aliphatic heterocycles. The van der Waals surface area contributed by atoms with E-state index >= 15 is 0 Å². The predicted octanol–water partition coefficient (Wildman–Crippen LogP) is 2.03. The fourth-order valence-electron chi connectivity index (χ4n) is 6.63. The smallest absolute Gasteiger partial charge is 0.309 e. The first-order valence-electron chi connectivity index (χ1n) is 10.4. The van der Waals surface area contributed by atoms with Crippen LogP contribution in [0.15, 0.2) is 23.3 Å². The van der Waals surface area contributed by atoms with Crippen molar-refractivity contribution < 1.29 is 30.0 Å². The van der Waals surface area contributed by atoms with Gasteiger partial charge in [0.2, 0.25) is 0 Å². The van der Waals surface area contributed by atoms with Crippen molar-refractivity contribution in [2.24, 2.45) is 22.7 Å². The highest BCUT2D eigenvalue weighted by Crippen LogP contribution is 2.63. The number of rotatable bonds is 4. The van der Waals surface area contributed by atoms with Crippen molar-refractivity contribution in [1.82, 2.24) is 0 Å². The lowest BCUT2D eigenvalue weighted by Gasteiger charge is -2.56. The number of fused-ring (bicyclic) bond motifs is 2. The van der Waals surface area contributed by atoms with Gasteiger partial charge in [0.1, 0.15) is 23.9 Å². The van der Waals surface area contributed by atoms with Crippen molar-refractivity contribution in [3.63, 3.8) is 0 Å². The molecule has 28 heavy (non-hydrogen) atoms. The lowest BCUT2D eigenvalue weighted by atomic mass is 9.47. The number of carbonyl (C=O) groups is 1. The molecular formula is C22H32O6.